The minimum absolute atomic E-state index is 0.00829. The summed E-state index contributed by atoms with van der Waals surface area (Å²) in [5.41, 5.74) is 3.90. The van der Waals surface area contributed by atoms with E-state index >= 15 is 0 Å². The Bertz CT molecular complexity index is 1480. The fraction of sp³-hybridized carbons (Fsp3) is 0.690. The van der Waals surface area contributed by atoms with Crippen LogP contribution in [0.25, 0.3) is 0 Å². The number of alkyl halides is 2. The second-order valence-electron chi connectivity index (χ2n) is 16.9. The molecule has 2 aromatic rings. The van der Waals surface area contributed by atoms with Gasteiger partial charge in [-0.15, -0.1) is 0 Å². The third-order valence-electron chi connectivity index (χ3n) is 12.1. The van der Waals surface area contributed by atoms with Gasteiger partial charge in [-0.05, 0) is 105 Å². The lowest BCUT2D eigenvalue weighted by Gasteiger charge is -2.41. The molecule has 0 radical (unpaired) electrons. The number of carbonyl (C=O) groups excluding carboxylic acids is 1. The van der Waals surface area contributed by atoms with Crippen molar-refractivity contribution in [3.8, 4) is 23.0 Å². The van der Waals surface area contributed by atoms with Crippen LogP contribution >= 0.6 is 0 Å². The molecular weight excluding hydrogens is 651 g/mol. The molecule has 278 valence electrons. The van der Waals surface area contributed by atoms with E-state index in [0.717, 1.165) is 87.7 Å². The quantitative estimate of drug-likeness (QED) is 0.115. The number of hydrogen-bond donors (Lipinski definition) is 1. The molecular formula is C42H62F2O5Si. The van der Waals surface area contributed by atoms with Gasteiger partial charge in [-0.2, -0.15) is 8.78 Å². The molecule has 4 aliphatic rings. The highest BCUT2D eigenvalue weighted by Gasteiger charge is 2.53. The molecule has 2 fully saturated rings. The molecule has 2 heterocycles. The maximum absolute atomic E-state index is 14.3. The summed E-state index contributed by atoms with van der Waals surface area (Å²) in [5.74, 6) is 1.26. The van der Waals surface area contributed by atoms with Crippen LogP contribution in [0.15, 0.2) is 24.3 Å². The Morgan fingerprint density at radius 1 is 0.800 bits per heavy atom. The average Bonchev–Trinajstić information content (AvgIpc) is 3.04. The summed E-state index contributed by atoms with van der Waals surface area (Å²) in [6.07, 6.45) is 12.7. The first-order valence-electron chi connectivity index (χ1n) is 19.7. The van der Waals surface area contributed by atoms with Crippen molar-refractivity contribution in [2.45, 2.75) is 173 Å². The molecule has 5 nitrogen and oxygen atoms in total. The highest BCUT2D eigenvalue weighted by molar-refractivity contribution is 6.74. The Morgan fingerprint density at radius 3 is 1.98 bits per heavy atom. The molecule has 0 bridgehead atoms. The molecule has 4 atom stereocenters. The summed E-state index contributed by atoms with van der Waals surface area (Å²) in [4.78, 5) is 12.7. The van der Waals surface area contributed by atoms with Crippen LogP contribution < -0.4 is 13.9 Å². The van der Waals surface area contributed by atoms with Gasteiger partial charge in [0.25, 0.3) is 0 Å². The molecule has 8 heteroatoms. The zero-order valence-corrected chi connectivity index (χ0v) is 32.8. The number of halogens is 2. The number of carbonyl (C=O) groups is 1. The van der Waals surface area contributed by atoms with Crippen molar-refractivity contribution in [1.29, 1.82) is 0 Å². The summed E-state index contributed by atoms with van der Waals surface area (Å²) in [6.45, 7) is 15.8. The number of aromatic hydroxyl groups is 1. The van der Waals surface area contributed by atoms with Gasteiger partial charge in [-0.25, -0.2) is 0 Å². The first kappa shape index (κ1) is 38.6. The summed E-state index contributed by atoms with van der Waals surface area (Å²) in [6, 6.07) is 7.84. The maximum atomic E-state index is 14.3. The molecule has 2 aliphatic heterocycles. The Labute approximate surface area is 301 Å². The molecule has 2 aliphatic carbocycles. The predicted molar refractivity (Wildman–Crippen MR) is 199 cm³/mol. The number of phenols is 1. The van der Waals surface area contributed by atoms with Crippen LogP contribution in [-0.4, -0.2) is 25.5 Å². The van der Waals surface area contributed by atoms with E-state index in [2.05, 4.69) is 59.8 Å². The van der Waals surface area contributed by atoms with Crippen molar-refractivity contribution in [1.82, 2.24) is 0 Å². The lowest BCUT2D eigenvalue weighted by atomic mass is 9.72. The SMILES string of the molecule is CCCCCc1cc(O)c2c(c1)OC(F)(F)[C@@H]1CCCCC21.CCCCCc1cc2c(c(O[Si](C)(C)C(C)(C)C)c1)C1CCCC[C@H]1C(=O)O2. The van der Waals surface area contributed by atoms with Crippen molar-refractivity contribution in [3.63, 3.8) is 0 Å². The smallest absolute Gasteiger partial charge is 0.401 e. The number of aryl methyl sites for hydroxylation is 2. The second kappa shape index (κ2) is 16.0. The number of fused-ring (bicyclic) bond motifs is 6. The van der Waals surface area contributed by atoms with Crippen LogP contribution in [-0.2, 0) is 17.6 Å². The molecule has 2 saturated carbocycles. The van der Waals surface area contributed by atoms with E-state index in [0.29, 0.717) is 18.4 Å². The lowest BCUT2D eigenvalue weighted by molar-refractivity contribution is -0.236. The van der Waals surface area contributed by atoms with Gasteiger partial charge in [0.1, 0.15) is 23.0 Å². The Balaban J connectivity index is 0.000000200. The van der Waals surface area contributed by atoms with Crippen LogP contribution in [0.2, 0.25) is 18.1 Å². The second-order valence-corrected chi connectivity index (χ2v) is 21.6. The Kier molecular flexibility index (Phi) is 12.3. The summed E-state index contributed by atoms with van der Waals surface area (Å²) in [7, 11) is -1.98. The van der Waals surface area contributed by atoms with Crippen LogP contribution in [0.3, 0.4) is 0 Å². The molecule has 0 spiro atoms. The van der Waals surface area contributed by atoms with Crippen molar-refractivity contribution in [2.75, 3.05) is 0 Å². The summed E-state index contributed by atoms with van der Waals surface area (Å²) < 4.78 is 46.3. The highest BCUT2D eigenvalue weighted by atomic mass is 28.4. The van der Waals surface area contributed by atoms with Gasteiger partial charge in [-0.1, -0.05) is 86.0 Å². The Hall–Kier alpha value is -2.61. The van der Waals surface area contributed by atoms with E-state index in [1.807, 2.05) is 0 Å². The van der Waals surface area contributed by atoms with Crippen LogP contribution in [0, 0.1) is 11.8 Å². The van der Waals surface area contributed by atoms with Crippen molar-refractivity contribution >= 4 is 14.3 Å². The van der Waals surface area contributed by atoms with Crippen LogP contribution in [0.5, 0.6) is 23.0 Å². The van der Waals surface area contributed by atoms with Crippen LogP contribution in [0.1, 0.15) is 159 Å². The molecule has 6 rings (SSSR count). The van der Waals surface area contributed by atoms with Gasteiger partial charge in [0, 0.05) is 23.0 Å². The Morgan fingerprint density at radius 2 is 1.36 bits per heavy atom. The minimum Gasteiger partial charge on any atom is -0.543 e. The van der Waals surface area contributed by atoms with Gasteiger partial charge in [0.05, 0.1) is 11.8 Å². The van der Waals surface area contributed by atoms with Gasteiger partial charge in [0.2, 0.25) is 8.32 Å². The zero-order valence-electron chi connectivity index (χ0n) is 31.8. The molecule has 2 unspecified atom stereocenters. The summed E-state index contributed by atoms with van der Waals surface area (Å²) >= 11 is 0. The predicted octanol–water partition coefficient (Wildman–Crippen LogP) is 12.4. The number of ether oxygens (including phenoxy) is 2. The fourth-order valence-electron chi connectivity index (χ4n) is 8.23. The largest absolute Gasteiger partial charge is 0.543 e. The van der Waals surface area contributed by atoms with E-state index in [-0.39, 0.29) is 40.3 Å². The standard InChI is InChI=1S/C24H38O3Si.C18H24F2O2/c1-7-8-9-12-17-15-20-22(18-13-10-11-14-19(18)23(25)26-20)21(16-17)27-28(5,6)24(2,3)4;1-2-3-4-7-12-10-15(21)17-13-8-5-6-9-14(13)18(19,20)22-16(17)11-12/h15-16,18-19H,7-14H2,1-6H3;10-11,13-14,21H,2-9H2,1H3/t18?,19-;13?,14-/m11/s1. The lowest BCUT2D eigenvalue weighted by Crippen LogP contribution is -2.44. The van der Waals surface area contributed by atoms with Gasteiger partial charge in [0.15, 0.2) is 0 Å². The first-order chi connectivity index (χ1) is 23.7. The fourth-order valence-corrected chi connectivity index (χ4v) is 9.26. The number of benzene rings is 2. The third-order valence-corrected chi connectivity index (χ3v) is 16.5. The highest BCUT2D eigenvalue weighted by Crippen LogP contribution is 2.56. The van der Waals surface area contributed by atoms with E-state index < -0.39 is 20.3 Å². The molecule has 0 amide bonds. The van der Waals surface area contributed by atoms with Gasteiger partial charge < -0.3 is 19.0 Å². The molecule has 0 saturated heterocycles. The number of esters is 1. The van der Waals surface area contributed by atoms with Crippen molar-refractivity contribution < 1.29 is 32.6 Å². The van der Waals surface area contributed by atoms with Gasteiger partial charge in [-0.3, -0.25) is 4.79 Å². The molecule has 2 aromatic carbocycles. The maximum Gasteiger partial charge on any atom is 0.401 e. The van der Waals surface area contributed by atoms with E-state index in [4.69, 9.17) is 13.9 Å². The molecule has 1 N–H and O–H groups in total. The zero-order chi connectivity index (χ0) is 36.3. The average molecular weight is 713 g/mol. The molecule has 50 heavy (non-hydrogen) atoms. The van der Waals surface area contributed by atoms with Crippen molar-refractivity contribution in [3.05, 3.63) is 46.5 Å². The first-order valence-corrected chi connectivity index (χ1v) is 22.6. The van der Waals surface area contributed by atoms with E-state index in [9.17, 15) is 18.7 Å². The minimum atomic E-state index is -3.12. The van der Waals surface area contributed by atoms with E-state index in [1.165, 1.54) is 30.4 Å². The van der Waals surface area contributed by atoms with E-state index in [1.54, 1.807) is 12.1 Å². The van der Waals surface area contributed by atoms with Crippen molar-refractivity contribution in [2.24, 2.45) is 11.8 Å². The summed E-state index contributed by atoms with van der Waals surface area (Å²) in [5, 5.41) is 10.5. The number of phenolic OH excluding ortho intramolecular Hbond substituents is 1. The topological polar surface area (TPSA) is 65.0 Å². The monoisotopic (exact) mass is 712 g/mol. The number of rotatable bonds is 10. The normalized spacial score (nSPS) is 23.9. The molecule has 0 aromatic heterocycles. The van der Waals surface area contributed by atoms with Crippen LogP contribution in [0.4, 0.5) is 8.78 Å². The number of hydrogen-bond acceptors (Lipinski definition) is 5. The number of unbranched alkanes of at least 4 members (excludes halogenated alkanes) is 4. The van der Waals surface area contributed by atoms with Gasteiger partial charge >= 0.3 is 12.1 Å². The third kappa shape index (κ3) is 8.53.